The fraction of sp³-hybridized carbons (Fsp3) is 0.733. The average Bonchev–Trinajstić information content (AvgIpc) is 2.36. The van der Waals surface area contributed by atoms with E-state index in [4.69, 9.17) is 5.73 Å². The topological polar surface area (TPSA) is 84.1 Å². The molecule has 1 aromatic rings. The van der Waals surface area contributed by atoms with Gasteiger partial charge in [0.1, 0.15) is 17.5 Å². The van der Waals surface area contributed by atoms with E-state index in [9.17, 15) is 5.11 Å². The first kappa shape index (κ1) is 15.0. The molecule has 0 aromatic carbocycles. The van der Waals surface area contributed by atoms with Gasteiger partial charge in [0.2, 0.25) is 0 Å². The molecule has 5 heteroatoms. The number of hydrogen-bond donors (Lipinski definition) is 3. The van der Waals surface area contributed by atoms with Crippen LogP contribution < -0.4 is 11.1 Å². The first-order chi connectivity index (χ1) is 9.50. The lowest BCUT2D eigenvalue weighted by molar-refractivity contribution is -0.000832. The standard InChI is InChI=1S/C15H26N4O/c1-3-5-13-18-12(16)8-14(19-13)17-10-15(20)7-4-6-11(2)9-15/h8,11,20H,3-7,9-10H2,1-2H3,(H3,16,17,18,19). The molecule has 2 unspecified atom stereocenters. The highest BCUT2D eigenvalue weighted by Gasteiger charge is 2.32. The first-order valence-electron chi connectivity index (χ1n) is 7.60. The molecule has 1 saturated carbocycles. The van der Waals surface area contributed by atoms with Crippen LogP contribution in [0.1, 0.15) is 51.8 Å². The van der Waals surface area contributed by atoms with Gasteiger partial charge in [-0.3, -0.25) is 0 Å². The predicted molar refractivity (Wildman–Crippen MR) is 81.5 cm³/mol. The van der Waals surface area contributed by atoms with Crippen molar-refractivity contribution < 1.29 is 5.11 Å². The van der Waals surface area contributed by atoms with Gasteiger partial charge in [-0.1, -0.05) is 26.7 Å². The third-order valence-electron chi connectivity index (χ3n) is 3.93. The fourth-order valence-corrected chi connectivity index (χ4v) is 2.99. The van der Waals surface area contributed by atoms with Crippen LogP contribution in [0, 0.1) is 5.92 Å². The van der Waals surface area contributed by atoms with Crippen molar-refractivity contribution in [2.45, 2.75) is 58.0 Å². The van der Waals surface area contributed by atoms with Crippen molar-refractivity contribution in [1.82, 2.24) is 9.97 Å². The minimum atomic E-state index is -0.623. The van der Waals surface area contributed by atoms with Crippen LogP contribution in [0.4, 0.5) is 11.6 Å². The Kier molecular flexibility index (Phi) is 4.81. The second-order valence-electron chi connectivity index (χ2n) is 6.12. The summed E-state index contributed by atoms with van der Waals surface area (Å²) in [5.41, 5.74) is 5.18. The summed E-state index contributed by atoms with van der Waals surface area (Å²) in [7, 11) is 0. The summed E-state index contributed by atoms with van der Waals surface area (Å²) >= 11 is 0. The van der Waals surface area contributed by atoms with E-state index in [0.29, 0.717) is 24.1 Å². The maximum Gasteiger partial charge on any atom is 0.133 e. The Hall–Kier alpha value is -1.36. The van der Waals surface area contributed by atoms with E-state index in [1.807, 2.05) is 0 Å². The molecule has 2 atom stereocenters. The molecule has 2 rings (SSSR count). The van der Waals surface area contributed by atoms with E-state index >= 15 is 0 Å². The third kappa shape index (κ3) is 4.07. The quantitative estimate of drug-likeness (QED) is 0.770. The normalized spacial score (nSPS) is 26.4. The van der Waals surface area contributed by atoms with Crippen LogP contribution in [0.2, 0.25) is 0 Å². The summed E-state index contributed by atoms with van der Waals surface area (Å²) in [6.45, 7) is 4.82. The van der Waals surface area contributed by atoms with Gasteiger partial charge in [-0.05, 0) is 25.2 Å². The number of nitrogen functional groups attached to an aromatic ring is 1. The molecule has 1 fully saturated rings. The second kappa shape index (κ2) is 6.39. The van der Waals surface area contributed by atoms with E-state index in [0.717, 1.165) is 37.9 Å². The maximum atomic E-state index is 10.6. The molecule has 1 heterocycles. The smallest absolute Gasteiger partial charge is 0.133 e. The van der Waals surface area contributed by atoms with Gasteiger partial charge in [0.25, 0.3) is 0 Å². The molecule has 0 saturated heterocycles. The molecule has 5 nitrogen and oxygen atoms in total. The molecule has 4 N–H and O–H groups in total. The summed E-state index contributed by atoms with van der Waals surface area (Å²) < 4.78 is 0. The van der Waals surface area contributed by atoms with E-state index < -0.39 is 5.60 Å². The van der Waals surface area contributed by atoms with Crippen LogP contribution >= 0.6 is 0 Å². The van der Waals surface area contributed by atoms with Gasteiger partial charge in [0.05, 0.1) is 5.60 Å². The number of rotatable bonds is 5. The fourth-order valence-electron chi connectivity index (χ4n) is 2.99. The number of nitrogens with zero attached hydrogens (tertiary/aromatic N) is 2. The predicted octanol–water partition coefficient (Wildman–Crippen LogP) is 2.36. The highest BCUT2D eigenvalue weighted by atomic mass is 16.3. The number of aromatic nitrogens is 2. The summed E-state index contributed by atoms with van der Waals surface area (Å²) in [4.78, 5) is 8.66. The molecular formula is C15H26N4O. The van der Waals surface area contributed by atoms with Crippen molar-refractivity contribution in [3.8, 4) is 0 Å². The highest BCUT2D eigenvalue weighted by Crippen LogP contribution is 2.32. The van der Waals surface area contributed by atoms with Gasteiger partial charge < -0.3 is 16.2 Å². The van der Waals surface area contributed by atoms with E-state index in [2.05, 4.69) is 29.1 Å². The van der Waals surface area contributed by atoms with E-state index in [1.54, 1.807) is 6.07 Å². The van der Waals surface area contributed by atoms with Gasteiger partial charge >= 0.3 is 0 Å². The molecule has 1 aliphatic rings. The lowest BCUT2D eigenvalue weighted by Gasteiger charge is -2.35. The SMILES string of the molecule is CCCc1nc(N)cc(NCC2(O)CCCC(C)C2)n1. The van der Waals surface area contributed by atoms with Crippen LogP contribution in [0.3, 0.4) is 0 Å². The summed E-state index contributed by atoms with van der Waals surface area (Å²) in [6, 6.07) is 1.73. The van der Waals surface area contributed by atoms with Crippen LogP contribution in [0.5, 0.6) is 0 Å². The molecule has 112 valence electrons. The number of hydrogen-bond acceptors (Lipinski definition) is 5. The van der Waals surface area contributed by atoms with Gasteiger partial charge in [-0.15, -0.1) is 0 Å². The Morgan fingerprint density at radius 2 is 2.30 bits per heavy atom. The molecule has 1 aliphatic carbocycles. The average molecular weight is 278 g/mol. The van der Waals surface area contributed by atoms with Crippen molar-refractivity contribution >= 4 is 11.6 Å². The molecule has 20 heavy (non-hydrogen) atoms. The van der Waals surface area contributed by atoms with Crippen molar-refractivity contribution in [3.05, 3.63) is 11.9 Å². The maximum absolute atomic E-state index is 10.6. The minimum Gasteiger partial charge on any atom is -0.388 e. The van der Waals surface area contributed by atoms with Crippen LogP contribution in [0.15, 0.2) is 6.07 Å². The summed E-state index contributed by atoms with van der Waals surface area (Å²) in [6.07, 6.45) is 5.82. The Bertz CT molecular complexity index is 451. The lowest BCUT2D eigenvalue weighted by Crippen LogP contribution is -2.41. The number of nitrogens with two attached hydrogens (primary N) is 1. The van der Waals surface area contributed by atoms with Crippen molar-refractivity contribution in [3.63, 3.8) is 0 Å². The molecule has 0 spiro atoms. The Morgan fingerprint density at radius 3 is 3.00 bits per heavy atom. The van der Waals surface area contributed by atoms with Gasteiger partial charge in [0.15, 0.2) is 0 Å². The molecule has 0 radical (unpaired) electrons. The van der Waals surface area contributed by atoms with Crippen LogP contribution in [0.25, 0.3) is 0 Å². The Morgan fingerprint density at radius 1 is 1.50 bits per heavy atom. The van der Waals surface area contributed by atoms with Gasteiger partial charge in [-0.2, -0.15) is 0 Å². The molecule has 1 aromatic heterocycles. The van der Waals surface area contributed by atoms with Crippen molar-refractivity contribution in [2.24, 2.45) is 5.92 Å². The Labute approximate surface area is 121 Å². The molecular weight excluding hydrogens is 252 g/mol. The van der Waals surface area contributed by atoms with Gasteiger partial charge in [-0.25, -0.2) is 9.97 Å². The van der Waals surface area contributed by atoms with Crippen LogP contribution in [-0.4, -0.2) is 27.2 Å². The second-order valence-corrected chi connectivity index (χ2v) is 6.12. The van der Waals surface area contributed by atoms with Crippen LogP contribution in [-0.2, 0) is 6.42 Å². The largest absolute Gasteiger partial charge is 0.388 e. The summed E-state index contributed by atoms with van der Waals surface area (Å²) in [5.74, 6) is 2.54. The third-order valence-corrected chi connectivity index (χ3v) is 3.93. The zero-order valence-electron chi connectivity index (χ0n) is 12.5. The molecule has 0 bridgehead atoms. The first-order valence-corrected chi connectivity index (χ1v) is 7.60. The van der Waals surface area contributed by atoms with Crippen molar-refractivity contribution in [2.75, 3.05) is 17.6 Å². The molecule has 0 aliphatic heterocycles. The van der Waals surface area contributed by atoms with Crippen molar-refractivity contribution in [1.29, 1.82) is 0 Å². The number of anilines is 2. The number of nitrogens with one attached hydrogen (secondary N) is 1. The number of aryl methyl sites for hydroxylation is 1. The van der Waals surface area contributed by atoms with Gasteiger partial charge in [0, 0.05) is 19.0 Å². The van der Waals surface area contributed by atoms with E-state index in [1.165, 1.54) is 6.42 Å². The number of aliphatic hydroxyl groups is 1. The monoisotopic (exact) mass is 278 g/mol. The molecule has 0 amide bonds. The zero-order chi connectivity index (χ0) is 14.6. The highest BCUT2D eigenvalue weighted by molar-refractivity contribution is 5.44. The van der Waals surface area contributed by atoms with E-state index in [-0.39, 0.29) is 0 Å². The summed E-state index contributed by atoms with van der Waals surface area (Å²) in [5, 5.41) is 13.8. The Balaban J connectivity index is 1.99. The lowest BCUT2D eigenvalue weighted by atomic mass is 9.79. The minimum absolute atomic E-state index is 0.481. The zero-order valence-corrected chi connectivity index (χ0v) is 12.5.